The Bertz CT molecular complexity index is 548. The molecule has 0 bridgehead atoms. The van der Waals surface area contributed by atoms with Crippen LogP contribution in [0.5, 0.6) is 5.75 Å². The van der Waals surface area contributed by atoms with Crippen LogP contribution in [-0.2, 0) is 0 Å². The van der Waals surface area contributed by atoms with Crippen LogP contribution >= 0.6 is 39.1 Å². The second kappa shape index (κ2) is 5.87. The number of ether oxygens (including phenoxy) is 1. The molecule has 0 spiro atoms. The summed E-state index contributed by atoms with van der Waals surface area (Å²) in [6, 6.07) is 5.11. The molecule has 2 rings (SSSR count). The molecule has 94 valence electrons. The van der Waals surface area contributed by atoms with E-state index in [0.717, 1.165) is 4.47 Å². The number of hydrogen-bond acceptors (Lipinski definition) is 3. The van der Waals surface area contributed by atoms with Gasteiger partial charge in [0, 0.05) is 18.5 Å². The van der Waals surface area contributed by atoms with Crippen LogP contribution in [0.2, 0.25) is 10.0 Å². The fourth-order valence-electron chi connectivity index (χ4n) is 1.34. The topological polar surface area (TPSA) is 35.0 Å². The van der Waals surface area contributed by atoms with E-state index < -0.39 is 0 Å². The zero-order valence-electron chi connectivity index (χ0n) is 9.40. The molecule has 0 fully saturated rings. The molecule has 0 aliphatic heterocycles. The van der Waals surface area contributed by atoms with Crippen molar-refractivity contribution in [2.24, 2.45) is 0 Å². The maximum atomic E-state index is 5.91. The summed E-state index contributed by atoms with van der Waals surface area (Å²) in [5.41, 5.74) is 0. The van der Waals surface area contributed by atoms with E-state index >= 15 is 0 Å². The first-order valence-electron chi connectivity index (χ1n) is 5.15. The van der Waals surface area contributed by atoms with E-state index in [-0.39, 0.29) is 6.10 Å². The molecule has 6 heteroatoms. The molecule has 0 aliphatic rings. The molecule has 0 aliphatic carbocycles. The van der Waals surface area contributed by atoms with E-state index in [1.54, 1.807) is 30.6 Å². The number of nitrogens with zero attached hydrogens (tertiary/aromatic N) is 2. The van der Waals surface area contributed by atoms with E-state index in [4.69, 9.17) is 27.9 Å². The van der Waals surface area contributed by atoms with E-state index in [1.807, 2.05) is 6.92 Å². The van der Waals surface area contributed by atoms with Gasteiger partial charge in [0.2, 0.25) is 0 Å². The van der Waals surface area contributed by atoms with Crippen LogP contribution in [-0.4, -0.2) is 9.97 Å². The number of aromatic nitrogens is 2. The minimum absolute atomic E-state index is 0.268. The molecule has 1 aromatic heterocycles. The Morgan fingerprint density at radius 3 is 2.44 bits per heavy atom. The number of rotatable bonds is 3. The third-order valence-corrected chi connectivity index (χ3v) is 3.36. The molecule has 0 N–H and O–H groups in total. The lowest BCUT2D eigenvalue weighted by Gasteiger charge is -2.13. The van der Waals surface area contributed by atoms with Gasteiger partial charge in [-0.05, 0) is 35.0 Å². The normalized spacial score (nSPS) is 12.2. The molecule has 1 atom stereocenters. The largest absolute Gasteiger partial charge is 0.483 e. The Balaban J connectivity index is 2.13. The highest BCUT2D eigenvalue weighted by atomic mass is 79.9. The summed E-state index contributed by atoms with van der Waals surface area (Å²) >= 11 is 15.0. The predicted molar refractivity (Wildman–Crippen MR) is 75.2 cm³/mol. The van der Waals surface area contributed by atoms with Gasteiger partial charge in [0.15, 0.2) is 11.9 Å². The zero-order valence-corrected chi connectivity index (χ0v) is 12.5. The summed E-state index contributed by atoms with van der Waals surface area (Å²) in [4.78, 5) is 8.34. The van der Waals surface area contributed by atoms with Gasteiger partial charge in [-0.2, -0.15) is 0 Å². The third-order valence-electron chi connectivity index (χ3n) is 2.21. The molecule has 0 saturated carbocycles. The van der Waals surface area contributed by atoms with Gasteiger partial charge in [0.05, 0.1) is 14.5 Å². The fraction of sp³-hybridized carbons (Fsp3) is 0.167. The maximum Gasteiger partial charge on any atom is 0.169 e. The highest BCUT2D eigenvalue weighted by Gasteiger charge is 2.11. The minimum Gasteiger partial charge on any atom is -0.483 e. The average Bonchev–Trinajstić information content (AvgIpc) is 2.34. The van der Waals surface area contributed by atoms with Gasteiger partial charge in [0.25, 0.3) is 0 Å². The Labute approximate surface area is 123 Å². The van der Waals surface area contributed by atoms with Gasteiger partial charge in [-0.15, -0.1) is 0 Å². The van der Waals surface area contributed by atoms with Crippen molar-refractivity contribution < 1.29 is 4.74 Å². The van der Waals surface area contributed by atoms with E-state index in [9.17, 15) is 0 Å². The van der Waals surface area contributed by atoms with Crippen molar-refractivity contribution in [2.45, 2.75) is 13.0 Å². The smallest absolute Gasteiger partial charge is 0.169 e. The van der Waals surface area contributed by atoms with Crippen LogP contribution < -0.4 is 4.74 Å². The second-order valence-electron chi connectivity index (χ2n) is 3.60. The second-order valence-corrected chi connectivity index (χ2v) is 5.33. The van der Waals surface area contributed by atoms with Gasteiger partial charge in [0.1, 0.15) is 5.75 Å². The van der Waals surface area contributed by atoms with E-state index in [2.05, 4.69) is 25.9 Å². The van der Waals surface area contributed by atoms with Crippen molar-refractivity contribution in [1.29, 1.82) is 0 Å². The summed E-state index contributed by atoms with van der Waals surface area (Å²) in [5.74, 6) is 1.23. The fourth-order valence-corrected chi connectivity index (χ4v) is 1.83. The number of hydrogen-bond donors (Lipinski definition) is 0. The van der Waals surface area contributed by atoms with Crippen LogP contribution in [0.3, 0.4) is 0 Å². The molecule has 0 radical (unpaired) electrons. The summed E-state index contributed by atoms with van der Waals surface area (Å²) in [6.07, 6.45) is 3.09. The van der Waals surface area contributed by atoms with Gasteiger partial charge in [-0.1, -0.05) is 23.2 Å². The average molecular weight is 348 g/mol. The summed E-state index contributed by atoms with van der Waals surface area (Å²) < 4.78 is 6.52. The van der Waals surface area contributed by atoms with E-state index in [0.29, 0.717) is 21.6 Å². The highest BCUT2D eigenvalue weighted by Crippen LogP contribution is 2.28. The molecule has 1 heterocycles. The van der Waals surface area contributed by atoms with Gasteiger partial charge in [-0.25, -0.2) is 9.97 Å². The molecular formula is C12H9BrCl2N2O. The van der Waals surface area contributed by atoms with Crippen LogP contribution in [0, 0.1) is 0 Å². The van der Waals surface area contributed by atoms with Gasteiger partial charge in [-0.3, -0.25) is 0 Å². The van der Waals surface area contributed by atoms with Crippen molar-refractivity contribution in [3.8, 4) is 5.75 Å². The van der Waals surface area contributed by atoms with Gasteiger partial charge < -0.3 is 4.74 Å². The number of halogens is 3. The maximum absolute atomic E-state index is 5.91. The van der Waals surface area contributed by atoms with E-state index in [1.165, 1.54) is 0 Å². The Morgan fingerprint density at radius 1 is 1.17 bits per heavy atom. The molecule has 1 aromatic carbocycles. The third kappa shape index (κ3) is 3.34. The summed E-state index contributed by atoms with van der Waals surface area (Å²) in [5, 5.41) is 0.953. The van der Waals surface area contributed by atoms with Crippen LogP contribution in [0.1, 0.15) is 18.9 Å². The highest BCUT2D eigenvalue weighted by molar-refractivity contribution is 9.10. The molecule has 0 unspecified atom stereocenters. The quantitative estimate of drug-likeness (QED) is 0.808. The van der Waals surface area contributed by atoms with Crippen molar-refractivity contribution in [1.82, 2.24) is 9.97 Å². The monoisotopic (exact) mass is 346 g/mol. The SMILES string of the molecule is C[C@@H](Oc1ccc(Cl)c(Cl)c1)c1ncc(Br)cn1. The Hall–Kier alpha value is -0.840. The number of benzene rings is 1. The Kier molecular flexibility index (Phi) is 4.43. The van der Waals surface area contributed by atoms with Crippen LogP contribution in [0.15, 0.2) is 35.1 Å². The first kappa shape index (κ1) is 13.6. The lowest BCUT2D eigenvalue weighted by Crippen LogP contribution is -2.07. The molecule has 2 aromatic rings. The summed E-state index contributed by atoms with van der Waals surface area (Å²) in [7, 11) is 0. The molecule has 0 amide bonds. The molecule has 18 heavy (non-hydrogen) atoms. The zero-order chi connectivity index (χ0) is 13.1. The van der Waals surface area contributed by atoms with Crippen LogP contribution in [0.4, 0.5) is 0 Å². The molecule has 0 saturated heterocycles. The predicted octanol–water partition coefficient (Wildman–Crippen LogP) is 4.69. The first-order chi connectivity index (χ1) is 8.56. The molecular weight excluding hydrogens is 339 g/mol. The van der Waals surface area contributed by atoms with Crippen LogP contribution in [0.25, 0.3) is 0 Å². The lowest BCUT2D eigenvalue weighted by molar-refractivity contribution is 0.216. The standard InChI is InChI=1S/C12H9BrCl2N2O/c1-7(12-16-5-8(13)6-17-12)18-9-2-3-10(14)11(15)4-9/h2-7H,1H3/t7-/m1/s1. The van der Waals surface area contributed by atoms with Gasteiger partial charge >= 0.3 is 0 Å². The lowest BCUT2D eigenvalue weighted by atomic mass is 10.3. The van der Waals surface area contributed by atoms with Crippen molar-refractivity contribution in [2.75, 3.05) is 0 Å². The Morgan fingerprint density at radius 2 is 1.83 bits per heavy atom. The molecule has 3 nitrogen and oxygen atoms in total. The first-order valence-corrected chi connectivity index (χ1v) is 6.70. The summed E-state index contributed by atoms with van der Waals surface area (Å²) in [6.45, 7) is 1.87. The van der Waals surface area contributed by atoms with Crippen molar-refractivity contribution in [3.63, 3.8) is 0 Å². The van der Waals surface area contributed by atoms with Crippen molar-refractivity contribution in [3.05, 3.63) is 50.9 Å². The van der Waals surface area contributed by atoms with Crippen molar-refractivity contribution >= 4 is 39.1 Å². The minimum atomic E-state index is -0.268.